The van der Waals surface area contributed by atoms with Crippen molar-refractivity contribution in [1.29, 1.82) is 0 Å². The molecule has 4 heteroatoms. The van der Waals surface area contributed by atoms with E-state index >= 15 is 0 Å². The predicted molar refractivity (Wildman–Crippen MR) is 82.3 cm³/mol. The maximum atomic E-state index is 12.6. The number of anilines is 1. The van der Waals surface area contributed by atoms with Crippen molar-refractivity contribution in [3.05, 3.63) is 64.3 Å². The van der Waals surface area contributed by atoms with E-state index in [1.807, 2.05) is 19.1 Å². The fourth-order valence-corrected chi connectivity index (χ4v) is 2.55. The number of aromatic amines is 1. The maximum absolute atomic E-state index is 12.6. The number of halogens is 1. The molecule has 3 rings (SSSR count). The van der Waals surface area contributed by atoms with Gasteiger partial charge in [-0.25, -0.2) is 0 Å². The number of nitrogens with one attached hydrogen (secondary N) is 1. The number of ketones is 1. The van der Waals surface area contributed by atoms with Crippen molar-refractivity contribution in [2.24, 2.45) is 0 Å². The third kappa shape index (κ3) is 2.06. The molecule has 0 radical (unpaired) electrons. The van der Waals surface area contributed by atoms with Gasteiger partial charge in [0.2, 0.25) is 0 Å². The van der Waals surface area contributed by atoms with Crippen molar-refractivity contribution in [2.75, 3.05) is 5.73 Å². The Morgan fingerprint density at radius 1 is 1.15 bits per heavy atom. The predicted octanol–water partition coefficient (Wildman–Crippen LogP) is 3.94. The summed E-state index contributed by atoms with van der Waals surface area (Å²) in [6.07, 6.45) is 1.72. The average Bonchev–Trinajstić information content (AvgIpc) is 2.80. The van der Waals surface area contributed by atoms with E-state index in [9.17, 15) is 4.79 Å². The van der Waals surface area contributed by atoms with Crippen molar-refractivity contribution in [3.8, 4) is 0 Å². The second kappa shape index (κ2) is 4.69. The molecule has 0 spiro atoms. The topological polar surface area (TPSA) is 58.9 Å². The molecule has 0 aliphatic carbocycles. The number of hydrogen-bond donors (Lipinski definition) is 2. The molecule has 3 aromatic rings. The lowest BCUT2D eigenvalue weighted by molar-refractivity contribution is 0.104. The molecule has 0 aliphatic rings. The van der Waals surface area contributed by atoms with Crippen LogP contribution in [0.1, 0.15) is 21.5 Å². The van der Waals surface area contributed by atoms with Crippen LogP contribution in [0.3, 0.4) is 0 Å². The number of aryl methyl sites for hydroxylation is 1. The van der Waals surface area contributed by atoms with Gasteiger partial charge in [0.15, 0.2) is 5.78 Å². The van der Waals surface area contributed by atoms with Gasteiger partial charge in [0, 0.05) is 38.9 Å². The molecule has 0 amide bonds. The highest BCUT2D eigenvalue weighted by molar-refractivity contribution is 6.31. The van der Waals surface area contributed by atoms with Crippen LogP contribution in [0.15, 0.2) is 42.6 Å². The first-order valence-electron chi connectivity index (χ1n) is 6.24. The summed E-state index contributed by atoms with van der Waals surface area (Å²) in [5.74, 6) is -0.0175. The summed E-state index contributed by atoms with van der Waals surface area (Å²) in [4.78, 5) is 15.7. The van der Waals surface area contributed by atoms with E-state index < -0.39 is 0 Å². The molecule has 0 atom stereocenters. The first-order chi connectivity index (χ1) is 9.56. The van der Waals surface area contributed by atoms with Crippen LogP contribution >= 0.6 is 11.6 Å². The zero-order valence-electron chi connectivity index (χ0n) is 10.9. The van der Waals surface area contributed by atoms with Gasteiger partial charge in [-0.15, -0.1) is 0 Å². The van der Waals surface area contributed by atoms with Crippen LogP contribution < -0.4 is 5.73 Å². The zero-order chi connectivity index (χ0) is 14.3. The van der Waals surface area contributed by atoms with E-state index in [1.165, 1.54) is 0 Å². The number of rotatable bonds is 2. The van der Waals surface area contributed by atoms with Crippen LogP contribution in [-0.4, -0.2) is 10.8 Å². The Morgan fingerprint density at radius 2 is 1.95 bits per heavy atom. The van der Waals surface area contributed by atoms with Crippen LogP contribution in [0, 0.1) is 6.92 Å². The highest BCUT2D eigenvalue weighted by Crippen LogP contribution is 2.25. The van der Waals surface area contributed by atoms with Crippen LogP contribution in [0.4, 0.5) is 5.69 Å². The second-order valence-corrected chi connectivity index (χ2v) is 5.23. The molecule has 3 nitrogen and oxygen atoms in total. The fourth-order valence-electron chi connectivity index (χ4n) is 2.37. The van der Waals surface area contributed by atoms with E-state index in [-0.39, 0.29) is 5.78 Å². The Morgan fingerprint density at radius 3 is 2.70 bits per heavy atom. The number of H-pyrrole nitrogens is 1. The summed E-state index contributed by atoms with van der Waals surface area (Å²) in [6.45, 7) is 1.88. The molecule has 1 aromatic heterocycles. The van der Waals surface area contributed by atoms with Gasteiger partial charge in [-0.05, 0) is 42.8 Å². The highest BCUT2D eigenvalue weighted by atomic mass is 35.5. The average molecular weight is 285 g/mol. The molecule has 0 aliphatic heterocycles. The molecule has 0 bridgehead atoms. The zero-order valence-corrected chi connectivity index (χ0v) is 11.7. The van der Waals surface area contributed by atoms with Gasteiger partial charge in [-0.2, -0.15) is 0 Å². The van der Waals surface area contributed by atoms with Crippen molar-refractivity contribution in [2.45, 2.75) is 6.92 Å². The Labute approximate surface area is 121 Å². The lowest BCUT2D eigenvalue weighted by Gasteiger charge is -2.05. The number of hydrogen-bond acceptors (Lipinski definition) is 2. The molecule has 3 N–H and O–H groups in total. The van der Waals surface area contributed by atoms with Crippen molar-refractivity contribution >= 4 is 34.0 Å². The van der Waals surface area contributed by atoms with Gasteiger partial charge in [-0.3, -0.25) is 4.79 Å². The standard InChI is InChI=1S/C16H13ClN2O/c1-9-6-11(18)3-5-12(9)16(20)14-8-19-15-7-10(17)2-4-13(14)15/h2-8,19H,18H2,1H3. The number of benzene rings is 2. The number of nitrogen functional groups attached to an aromatic ring is 1. The number of aromatic nitrogens is 1. The largest absolute Gasteiger partial charge is 0.399 e. The molecule has 1 heterocycles. The van der Waals surface area contributed by atoms with Gasteiger partial charge < -0.3 is 10.7 Å². The van der Waals surface area contributed by atoms with Crippen molar-refractivity contribution < 1.29 is 4.79 Å². The third-order valence-electron chi connectivity index (χ3n) is 3.38. The minimum atomic E-state index is -0.0175. The van der Waals surface area contributed by atoms with Gasteiger partial charge in [0.05, 0.1) is 0 Å². The third-order valence-corrected chi connectivity index (χ3v) is 3.62. The Balaban J connectivity index is 2.13. The first kappa shape index (κ1) is 12.8. The van der Waals surface area contributed by atoms with Gasteiger partial charge in [0.25, 0.3) is 0 Å². The molecule has 0 unspecified atom stereocenters. The lowest BCUT2D eigenvalue weighted by atomic mass is 9.98. The lowest BCUT2D eigenvalue weighted by Crippen LogP contribution is -2.03. The minimum absolute atomic E-state index is 0.0175. The van der Waals surface area contributed by atoms with Crippen LogP contribution in [0.25, 0.3) is 10.9 Å². The minimum Gasteiger partial charge on any atom is -0.399 e. The van der Waals surface area contributed by atoms with Crippen LogP contribution in [0.2, 0.25) is 5.02 Å². The van der Waals surface area contributed by atoms with Crippen LogP contribution in [-0.2, 0) is 0 Å². The van der Waals surface area contributed by atoms with E-state index in [2.05, 4.69) is 4.98 Å². The fraction of sp³-hybridized carbons (Fsp3) is 0.0625. The summed E-state index contributed by atoms with van der Waals surface area (Å²) in [5, 5.41) is 1.51. The molecule has 0 saturated heterocycles. The number of carbonyl (C=O) groups excluding carboxylic acids is 1. The van der Waals surface area contributed by atoms with E-state index in [0.717, 1.165) is 16.5 Å². The summed E-state index contributed by atoms with van der Waals surface area (Å²) in [6, 6.07) is 10.8. The molecule has 0 fully saturated rings. The number of carbonyl (C=O) groups is 1. The van der Waals surface area contributed by atoms with Crippen molar-refractivity contribution in [1.82, 2.24) is 4.98 Å². The Bertz CT molecular complexity index is 820. The van der Waals surface area contributed by atoms with E-state index in [0.29, 0.717) is 21.8 Å². The molecule has 2 aromatic carbocycles. The maximum Gasteiger partial charge on any atom is 0.195 e. The number of nitrogens with two attached hydrogens (primary N) is 1. The SMILES string of the molecule is Cc1cc(N)ccc1C(=O)c1c[nH]c2cc(Cl)ccc12. The first-order valence-corrected chi connectivity index (χ1v) is 6.61. The summed E-state index contributed by atoms with van der Waals surface area (Å²) in [7, 11) is 0. The van der Waals surface area contributed by atoms with E-state index in [1.54, 1.807) is 30.5 Å². The van der Waals surface area contributed by atoms with Gasteiger partial charge in [-0.1, -0.05) is 17.7 Å². The molecular formula is C16H13ClN2O. The normalized spacial score (nSPS) is 10.9. The molecule has 100 valence electrons. The summed E-state index contributed by atoms with van der Waals surface area (Å²) < 4.78 is 0. The van der Waals surface area contributed by atoms with Crippen molar-refractivity contribution in [3.63, 3.8) is 0 Å². The summed E-state index contributed by atoms with van der Waals surface area (Å²) >= 11 is 5.95. The molecular weight excluding hydrogens is 272 g/mol. The molecule has 0 saturated carbocycles. The van der Waals surface area contributed by atoms with Gasteiger partial charge in [0.1, 0.15) is 0 Å². The van der Waals surface area contributed by atoms with Crippen LogP contribution in [0.5, 0.6) is 0 Å². The Hall–Kier alpha value is -2.26. The number of fused-ring (bicyclic) bond motifs is 1. The Kier molecular flexibility index (Phi) is 2.99. The van der Waals surface area contributed by atoms with Gasteiger partial charge >= 0.3 is 0 Å². The highest BCUT2D eigenvalue weighted by Gasteiger charge is 2.16. The van der Waals surface area contributed by atoms with E-state index in [4.69, 9.17) is 17.3 Å². The second-order valence-electron chi connectivity index (χ2n) is 4.80. The molecule has 20 heavy (non-hydrogen) atoms. The smallest absolute Gasteiger partial charge is 0.195 e. The quantitative estimate of drug-likeness (QED) is 0.553. The monoisotopic (exact) mass is 284 g/mol. The summed E-state index contributed by atoms with van der Waals surface area (Å²) in [5.41, 5.74) is 9.41.